The number of nitrogens with zero attached hydrogens (tertiary/aromatic N) is 5. The van der Waals surface area contributed by atoms with Crippen LogP contribution in [0.2, 0.25) is 0 Å². The van der Waals surface area contributed by atoms with Gasteiger partial charge in [-0.05, 0) is 18.2 Å². The number of hydrazone groups is 1. The van der Waals surface area contributed by atoms with Crippen LogP contribution in [-0.2, 0) is 0 Å². The van der Waals surface area contributed by atoms with E-state index in [4.69, 9.17) is 5.73 Å². The summed E-state index contributed by atoms with van der Waals surface area (Å²) in [6.07, 6.45) is 24.0. The maximum Gasteiger partial charge on any atom is 0.253 e. The number of hydrogen-bond donors (Lipinski definition) is 1. The molecule has 0 saturated carbocycles. The number of nitrogens with two attached hydrogens (primary N) is 1. The summed E-state index contributed by atoms with van der Waals surface area (Å²) >= 11 is 0. The van der Waals surface area contributed by atoms with Crippen molar-refractivity contribution in [3.63, 3.8) is 0 Å². The van der Waals surface area contributed by atoms with Gasteiger partial charge < -0.3 is 5.73 Å². The van der Waals surface area contributed by atoms with Gasteiger partial charge in [0.1, 0.15) is 0 Å². The summed E-state index contributed by atoms with van der Waals surface area (Å²) in [6.45, 7) is 2.21. The van der Waals surface area contributed by atoms with E-state index in [-0.39, 0.29) is 0 Å². The van der Waals surface area contributed by atoms with Crippen LogP contribution in [0.4, 0.5) is 0 Å². The minimum absolute atomic E-state index is 0.417. The topological polar surface area (TPSA) is 51.3 Å². The van der Waals surface area contributed by atoms with Crippen LogP contribution in [0.5, 0.6) is 0 Å². The second kappa shape index (κ2) is 6.71. The number of hydrogen-bond acceptors (Lipinski definition) is 4. The molecule has 0 unspecified atom stereocenters. The van der Waals surface area contributed by atoms with Gasteiger partial charge in [0.15, 0.2) is 0 Å². The fourth-order valence-corrected chi connectivity index (χ4v) is 2.31. The highest BCUT2D eigenvalue weighted by molar-refractivity contribution is 5.77. The van der Waals surface area contributed by atoms with Crippen molar-refractivity contribution in [2.24, 2.45) is 10.8 Å². The summed E-state index contributed by atoms with van der Waals surface area (Å²) in [4.78, 5) is 0. The molecule has 0 fully saturated rings. The Morgan fingerprint density at radius 2 is 1.32 bits per heavy atom. The summed E-state index contributed by atoms with van der Waals surface area (Å²) in [5.41, 5.74) is 6.29. The van der Waals surface area contributed by atoms with Gasteiger partial charge in [-0.25, -0.2) is 0 Å². The first-order valence-electron chi connectivity index (χ1n) is 7.28. The van der Waals surface area contributed by atoms with Gasteiger partial charge in [0.05, 0.1) is 19.6 Å². The van der Waals surface area contributed by atoms with Gasteiger partial charge in [-0.1, -0.05) is 36.5 Å². The molecule has 2 N–H and O–H groups in total. The Morgan fingerprint density at radius 3 is 1.77 bits per heavy atom. The van der Waals surface area contributed by atoms with Gasteiger partial charge in [-0.15, -0.1) is 5.10 Å². The maximum absolute atomic E-state index is 6.29. The lowest BCUT2D eigenvalue weighted by Crippen LogP contribution is -2.56. The second-order valence-corrected chi connectivity index (χ2v) is 4.92. The third-order valence-corrected chi connectivity index (χ3v) is 3.32. The summed E-state index contributed by atoms with van der Waals surface area (Å²) in [5, 5.41) is 12.2. The van der Waals surface area contributed by atoms with Crippen molar-refractivity contribution in [3.8, 4) is 0 Å². The molecule has 0 atom stereocenters. The molecule has 0 amide bonds. The molecule has 0 bridgehead atoms. The molecule has 0 aromatic carbocycles. The zero-order chi connectivity index (χ0) is 15.2. The van der Waals surface area contributed by atoms with Gasteiger partial charge in [-0.3, -0.25) is 15.0 Å². The fraction of sp³-hybridized carbons (Fsp3) is 0.188. The maximum atomic E-state index is 6.29. The average molecular weight is 296 g/mol. The molecule has 0 aromatic heterocycles. The molecule has 3 rings (SSSR count). The number of rotatable bonds is 3. The zero-order valence-corrected chi connectivity index (χ0v) is 12.4. The monoisotopic (exact) mass is 296 g/mol. The molecule has 0 saturated heterocycles. The Kier molecular flexibility index (Phi) is 4.29. The van der Waals surface area contributed by atoms with Crippen molar-refractivity contribution in [3.05, 3.63) is 73.3 Å². The van der Waals surface area contributed by atoms with Crippen molar-refractivity contribution in [1.29, 1.82) is 0 Å². The van der Waals surface area contributed by atoms with E-state index >= 15 is 0 Å². The van der Waals surface area contributed by atoms with Crippen LogP contribution in [-0.4, -0.2) is 45.7 Å². The first kappa shape index (κ1) is 14.1. The quantitative estimate of drug-likeness (QED) is 0.632. The third-order valence-electron chi connectivity index (χ3n) is 3.32. The van der Waals surface area contributed by atoms with Crippen LogP contribution < -0.4 is 5.73 Å². The van der Waals surface area contributed by atoms with Gasteiger partial charge in [0.25, 0.3) is 5.96 Å². The molecule has 0 radical (unpaired) electrons. The van der Waals surface area contributed by atoms with E-state index in [1.54, 1.807) is 0 Å². The van der Waals surface area contributed by atoms with E-state index in [2.05, 4.69) is 17.3 Å². The van der Waals surface area contributed by atoms with E-state index in [1.165, 1.54) is 0 Å². The summed E-state index contributed by atoms with van der Waals surface area (Å²) in [7, 11) is 0. The van der Waals surface area contributed by atoms with Crippen molar-refractivity contribution >= 4 is 5.96 Å². The van der Waals surface area contributed by atoms with Gasteiger partial charge in [0.2, 0.25) is 0 Å². The summed E-state index contributed by atoms with van der Waals surface area (Å²) < 4.78 is 0. The molecule has 114 valence electrons. The third kappa shape index (κ3) is 3.22. The van der Waals surface area contributed by atoms with Crippen LogP contribution in [0, 0.1) is 0 Å². The van der Waals surface area contributed by atoms with E-state index in [9.17, 15) is 0 Å². The van der Waals surface area contributed by atoms with E-state index in [0.717, 1.165) is 19.6 Å². The molecule has 6 nitrogen and oxygen atoms in total. The molecular formula is C16H20N6. The molecule has 3 aliphatic heterocycles. The highest BCUT2D eigenvalue weighted by atomic mass is 15.9. The number of guanidine groups is 1. The Labute approximate surface area is 130 Å². The highest BCUT2D eigenvalue weighted by Crippen LogP contribution is 2.12. The first-order chi connectivity index (χ1) is 10.8. The van der Waals surface area contributed by atoms with Crippen molar-refractivity contribution in [2.75, 3.05) is 19.6 Å². The van der Waals surface area contributed by atoms with E-state index in [1.807, 2.05) is 81.3 Å². The van der Waals surface area contributed by atoms with Gasteiger partial charge in [-0.2, -0.15) is 5.12 Å². The SMILES string of the molecule is N/C(=N\N1C=CC=CC1)N(N1C=CC=CC1)N1C=CC=CC1. The Balaban J connectivity index is 1.82. The Morgan fingerprint density at radius 1 is 0.773 bits per heavy atom. The fourth-order valence-electron chi connectivity index (χ4n) is 2.31. The number of hydrazine groups is 2. The van der Waals surface area contributed by atoms with Crippen LogP contribution in [0.3, 0.4) is 0 Å². The predicted molar refractivity (Wildman–Crippen MR) is 88.4 cm³/mol. The highest BCUT2D eigenvalue weighted by Gasteiger charge is 2.21. The van der Waals surface area contributed by atoms with E-state index < -0.39 is 0 Å². The standard InChI is InChI=1S/C16H20N6/c17-16(18-19-10-4-1-5-11-19)22(20-12-6-2-7-13-20)21-14-8-3-9-15-21/h1-10,12,14H,11,13,15H2,(H2,17,18). The lowest BCUT2D eigenvalue weighted by Gasteiger charge is -2.42. The molecule has 0 spiro atoms. The van der Waals surface area contributed by atoms with Crippen molar-refractivity contribution in [1.82, 2.24) is 20.1 Å². The average Bonchev–Trinajstić information content (AvgIpc) is 2.58. The second-order valence-electron chi connectivity index (χ2n) is 4.92. The lowest BCUT2D eigenvalue weighted by molar-refractivity contribution is -0.0548. The molecular weight excluding hydrogens is 276 g/mol. The van der Waals surface area contributed by atoms with Crippen LogP contribution >= 0.6 is 0 Å². The number of allylic oxidation sites excluding steroid dienone is 6. The van der Waals surface area contributed by atoms with Crippen LogP contribution in [0.15, 0.2) is 78.4 Å². The first-order valence-corrected chi connectivity index (χ1v) is 7.28. The van der Waals surface area contributed by atoms with Crippen LogP contribution in [0.25, 0.3) is 0 Å². The molecule has 0 aliphatic carbocycles. The summed E-state index contributed by atoms with van der Waals surface area (Å²) in [5.74, 6) is 0.417. The summed E-state index contributed by atoms with van der Waals surface area (Å²) in [6, 6.07) is 0. The van der Waals surface area contributed by atoms with Crippen LogP contribution in [0.1, 0.15) is 0 Å². The largest absolute Gasteiger partial charge is 0.365 e. The minimum atomic E-state index is 0.417. The Hall–Kier alpha value is -2.89. The van der Waals surface area contributed by atoms with E-state index in [0.29, 0.717) is 5.96 Å². The lowest BCUT2D eigenvalue weighted by atomic mass is 10.4. The zero-order valence-electron chi connectivity index (χ0n) is 12.4. The smallest absolute Gasteiger partial charge is 0.253 e. The van der Waals surface area contributed by atoms with Gasteiger partial charge >= 0.3 is 0 Å². The van der Waals surface area contributed by atoms with Crippen molar-refractivity contribution < 1.29 is 0 Å². The Bertz CT molecular complexity index is 566. The molecule has 3 aliphatic rings. The predicted octanol–water partition coefficient (Wildman–Crippen LogP) is 1.50. The normalized spacial score (nSPS) is 20.2. The molecule has 3 heterocycles. The van der Waals surface area contributed by atoms with Gasteiger partial charge in [0, 0.05) is 18.6 Å². The molecule has 22 heavy (non-hydrogen) atoms. The molecule has 6 heteroatoms. The van der Waals surface area contributed by atoms with Crippen molar-refractivity contribution in [2.45, 2.75) is 0 Å². The minimum Gasteiger partial charge on any atom is -0.365 e. The molecule has 0 aromatic rings.